The summed E-state index contributed by atoms with van der Waals surface area (Å²) in [4.78, 5) is 4.60. The summed E-state index contributed by atoms with van der Waals surface area (Å²) in [6, 6.07) is 10.3. The van der Waals surface area contributed by atoms with Gasteiger partial charge in [0.2, 0.25) is 0 Å². The Hall–Kier alpha value is -2.97. The zero-order valence-electron chi connectivity index (χ0n) is 16.9. The van der Waals surface area contributed by atoms with E-state index in [2.05, 4.69) is 15.4 Å². The van der Waals surface area contributed by atoms with Crippen LogP contribution in [0.2, 0.25) is 10.0 Å². The van der Waals surface area contributed by atoms with E-state index in [1.54, 1.807) is 34.6 Å². The Morgan fingerprint density at radius 1 is 1.03 bits per heavy atom. The van der Waals surface area contributed by atoms with Crippen molar-refractivity contribution in [3.63, 3.8) is 0 Å². The monoisotopic (exact) mass is 477 g/mol. The first kappa shape index (κ1) is 20.9. The fraction of sp³-hybridized carbons (Fsp3) is 0.182. The molecule has 0 radical (unpaired) electrons. The maximum absolute atomic E-state index is 13.2. The molecular weight excluding hydrogens is 462 g/mol. The quantitative estimate of drug-likeness (QED) is 0.356. The molecule has 0 spiro atoms. The predicted octanol–water partition coefficient (Wildman–Crippen LogP) is 6.54. The van der Waals surface area contributed by atoms with Gasteiger partial charge in [-0.05, 0) is 42.8 Å². The van der Waals surface area contributed by atoms with Crippen molar-refractivity contribution in [3.8, 4) is 0 Å². The van der Waals surface area contributed by atoms with Gasteiger partial charge in [0.05, 0.1) is 32.8 Å². The van der Waals surface area contributed by atoms with Gasteiger partial charge in [-0.2, -0.15) is 18.3 Å². The molecule has 5 nitrogen and oxygen atoms in total. The molecule has 0 aliphatic carbocycles. The zero-order chi connectivity index (χ0) is 22.8. The van der Waals surface area contributed by atoms with Crippen LogP contribution < -0.4 is 5.32 Å². The maximum Gasteiger partial charge on any atom is 0.416 e. The molecule has 164 valence electrons. The van der Waals surface area contributed by atoms with Crippen molar-refractivity contribution < 1.29 is 13.2 Å². The van der Waals surface area contributed by atoms with Crippen LogP contribution in [0.5, 0.6) is 0 Å². The maximum atomic E-state index is 13.2. The number of alkyl halides is 3. The van der Waals surface area contributed by atoms with Crippen LogP contribution in [-0.2, 0) is 13.2 Å². The van der Waals surface area contributed by atoms with Gasteiger partial charge in [0.25, 0.3) is 0 Å². The molecule has 10 heteroatoms. The summed E-state index contributed by atoms with van der Waals surface area (Å²) in [5.74, 6) is 1.31. The lowest BCUT2D eigenvalue weighted by atomic mass is 9.95. The Kier molecular flexibility index (Phi) is 4.76. The highest BCUT2D eigenvalue weighted by Crippen LogP contribution is 2.42. The molecule has 1 aliphatic rings. The molecule has 0 saturated carbocycles. The van der Waals surface area contributed by atoms with Crippen molar-refractivity contribution in [2.45, 2.75) is 19.1 Å². The first-order chi connectivity index (χ1) is 15.1. The van der Waals surface area contributed by atoms with Gasteiger partial charge in [0.1, 0.15) is 17.7 Å². The van der Waals surface area contributed by atoms with Crippen LogP contribution in [0.25, 0.3) is 16.6 Å². The molecule has 0 bridgehead atoms. The van der Waals surface area contributed by atoms with Gasteiger partial charge in [-0.3, -0.25) is 0 Å². The molecule has 1 N–H and O–H groups in total. The van der Waals surface area contributed by atoms with E-state index < -0.39 is 17.8 Å². The first-order valence-electron chi connectivity index (χ1n) is 9.65. The number of benzene rings is 2. The molecule has 0 saturated heterocycles. The van der Waals surface area contributed by atoms with Crippen molar-refractivity contribution in [1.29, 1.82) is 0 Å². The number of fused-ring (bicyclic) bond motifs is 2. The van der Waals surface area contributed by atoms with Gasteiger partial charge in [0.15, 0.2) is 0 Å². The highest BCUT2D eigenvalue weighted by Gasteiger charge is 2.34. The number of allylic oxidation sites excluding steroid dienone is 2. The van der Waals surface area contributed by atoms with E-state index in [0.717, 1.165) is 34.8 Å². The molecule has 0 amide bonds. The number of imidazole rings is 1. The fourth-order valence-corrected chi connectivity index (χ4v) is 4.41. The lowest BCUT2D eigenvalue weighted by molar-refractivity contribution is -0.137. The number of nitrogens with one attached hydrogen (secondary N) is 1. The summed E-state index contributed by atoms with van der Waals surface area (Å²) in [5.41, 5.74) is 2.51. The molecule has 4 aromatic rings. The second-order valence-electron chi connectivity index (χ2n) is 7.60. The summed E-state index contributed by atoms with van der Waals surface area (Å²) >= 11 is 12.4. The Balaban J connectivity index is 1.74. The summed E-state index contributed by atoms with van der Waals surface area (Å²) in [6.45, 7) is 1.90. The molecule has 2 aromatic carbocycles. The van der Waals surface area contributed by atoms with Crippen LogP contribution in [0.1, 0.15) is 29.9 Å². The number of hydrogen-bond acceptors (Lipinski definition) is 3. The second-order valence-corrected chi connectivity index (χ2v) is 8.41. The van der Waals surface area contributed by atoms with E-state index in [1.165, 1.54) is 6.07 Å². The zero-order valence-corrected chi connectivity index (χ0v) is 18.4. The van der Waals surface area contributed by atoms with Gasteiger partial charge in [-0.15, -0.1) is 0 Å². The fourth-order valence-electron chi connectivity index (χ4n) is 4.10. The van der Waals surface area contributed by atoms with Crippen molar-refractivity contribution in [1.82, 2.24) is 19.3 Å². The summed E-state index contributed by atoms with van der Waals surface area (Å²) in [5, 5.41) is 8.60. The van der Waals surface area contributed by atoms with Crippen molar-refractivity contribution in [2.24, 2.45) is 7.05 Å². The third-order valence-electron chi connectivity index (χ3n) is 5.62. The Labute approximate surface area is 191 Å². The SMILES string of the molecule is CC1=C(c2nc3cc(C(F)(F)F)ccc3n2C)C(c2ccc(Cl)c(Cl)c2)n2nccc2N1. The van der Waals surface area contributed by atoms with Crippen LogP contribution in [0.15, 0.2) is 54.4 Å². The Bertz CT molecular complexity index is 1400. The summed E-state index contributed by atoms with van der Waals surface area (Å²) < 4.78 is 43.3. The van der Waals surface area contributed by atoms with E-state index in [4.69, 9.17) is 23.2 Å². The average Bonchev–Trinajstić information content (AvgIpc) is 3.32. The van der Waals surface area contributed by atoms with E-state index in [1.807, 2.05) is 19.1 Å². The third kappa shape index (κ3) is 3.25. The third-order valence-corrected chi connectivity index (χ3v) is 6.36. The number of aromatic nitrogens is 4. The summed E-state index contributed by atoms with van der Waals surface area (Å²) in [6.07, 6.45) is -2.77. The first-order valence-corrected chi connectivity index (χ1v) is 10.4. The van der Waals surface area contributed by atoms with Crippen LogP contribution in [0, 0.1) is 0 Å². The molecule has 0 fully saturated rings. The van der Waals surface area contributed by atoms with Crippen LogP contribution in [0.4, 0.5) is 19.0 Å². The number of nitrogens with zero attached hydrogens (tertiary/aromatic N) is 4. The van der Waals surface area contributed by atoms with Gasteiger partial charge >= 0.3 is 6.18 Å². The minimum absolute atomic E-state index is 0.261. The van der Waals surface area contributed by atoms with Crippen LogP contribution in [0.3, 0.4) is 0 Å². The molecule has 2 aromatic heterocycles. The van der Waals surface area contributed by atoms with Gasteiger partial charge in [-0.1, -0.05) is 29.3 Å². The highest BCUT2D eigenvalue weighted by atomic mass is 35.5. The topological polar surface area (TPSA) is 47.7 Å². The summed E-state index contributed by atoms with van der Waals surface area (Å²) in [7, 11) is 1.78. The second kappa shape index (κ2) is 7.28. The van der Waals surface area contributed by atoms with E-state index in [-0.39, 0.29) is 5.52 Å². The Morgan fingerprint density at radius 2 is 1.81 bits per heavy atom. The minimum atomic E-state index is -4.44. The van der Waals surface area contributed by atoms with Crippen molar-refractivity contribution in [2.75, 3.05) is 5.32 Å². The normalized spacial score (nSPS) is 16.4. The molecule has 3 heterocycles. The lowest BCUT2D eigenvalue weighted by Crippen LogP contribution is -2.25. The van der Waals surface area contributed by atoms with Gasteiger partial charge in [0, 0.05) is 24.4 Å². The average molecular weight is 478 g/mol. The predicted molar refractivity (Wildman–Crippen MR) is 119 cm³/mol. The van der Waals surface area contributed by atoms with Crippen LogP contribution in [-0.4, -0.2) is 19.3 Å². The standard InChI is InChI=1S/C22H16Cl2F3N5/c1-11-19(21-30-16-10-13(22(25,26)27)4-6-17(16)31(21)2)20(32-18(29-11)7-8-28-32)12-3-5-14(23)15(24)9-12/h3-10,20,29H,1-2H3. The lowest BCUT2D eigenvalue weighted by Gasteiger charge is -2.30. The number of rotatable bonds is 2. The molecule has 1 aliphatic heterocycles. The van der Waals surface area contributed by atoms with Crippen molar-refractivity contribution >= 4 is 45.6 Å². The Morgan fingerprint density at radius 3 is 2.53 bits per heavy atom. The highest BCUT2D eigenvalue weighted by molar-refractivity contribution is 6.42. The largest absolute Gasteiger partial charge is 0.416 e. The van der Waals surface area contributed by atoms with Crippen LogP contribution >= 0.6 is 23.2 Å². The minimum Gasteiger partial charge on any atom is -0.344 e. The number of aryl methyl sites for hydroxylation is 1. The molecule has 5 rings (SSSR count). The van der Waals surface area contributed by atoms with Gasteiger partial charge in [-0.25, -0.2) is 9.67 Å². The molecule has 1 atom stereocenters. The number of anilines is 1. The van der Waals surface area contributed by atoms with Gasteiger partial charge < -0.3 is 9.88 Å². The number of halogens is 5. The van der Waals surface area contributed by atoms with E-state index >= 15 is 0 Å². The molecular formula is C22H16Cl2F3N5. The molecule has 32 heavy (non-hydrogen) atoms. The smallest absolute Gasteiger partial charge is 0.344 e. The van der Waals surface area contributed by atoms with E-state index in [0.29, 0.717) is 21.4 Å². The molecule has 1 unspecified atom stereocenters. The number of hydrogen-bond donors (Lipinski definition) is 1. The van der Waals surface area contributed by atoms with E-state index in [9.17, 15) is 13.2 Å². The van der Waals surface area contributed by atoms with Crippen molar-refractivity contribution in [3.05, 3.63) is 81.4 Å².